The number of fused-ring (bicyclic) bond motifs is 1. The molecule has 1 aromatic carbocycles. The molecule has 0 aliphatic carbocycles. The number of carbonyl (C=O) groups is 3. The van der Waals surface area contributed by atoms with E-state index in [0.717, 1.165) is 12.8 Å². The summed E-state index contributed by atoms with van der Waals surface area (Å²) in [5, 5.41) is 9.57. The molecule has 40 heavy (non-hydrogen) atoms. The fourth-order valence-electron chi connectivity index (χ4n) is 6.95. The fourth-order valence-corrected chi connectivity index (χ4v) is 7.19. The van der Waals surface area contributed by atoms with E-state index >= 15 is 0 Å². The summed E-state index contributed by atoms with van der Waals surface area (Å²) in [7, 11) is 0. The minimum absolute atomic E-state index is 0.0820. The maximum atomic E-state index is 14.6. The molecule has 9 heteroatoms. The Balaban J connectivity index is 1.75. The number of hydrogen-bond donors (Lipinski definition) is 1. The minimum atomic E-state index is -1.17. The van der Waals surface area contributed by atoms with Gasteiger partial charge in [-0.2, -0.15) is 0 Å². The van der Waals surface area contributed by atoms with E-state index in [2.05, 4.69) is 13.2 Å². The van der Waals surface area contributed by atoms with Crippen LogP contribution < -0.4 is 4.90 Å². The number of para-hydroxylation sites is 1. The first-order valence-corrected chi connectivity index (χ1v) is 14.6. The number of likely N-dealkylation sites (tertiary alicyclic amines) is 1. The molecule has 218 valence electrons. The van der Waals surface area contributed by atoms with Crippen LogP contribution in [-0.4, -0.2) is 71.3 Å². The van der Waals surface area contributed by atoms with Crippen LogP contribution >= 0.6 is 11.6 Å². The first-order valence-electron chi connectivity index (χ1n) is 14.2. The Kier molecular flexibility index (Phi) is 9.43. The number of anilines is 1. The number of aliphatic hydroxyl groups is 1. The lowest BCUT2D eigenvalue weighted by atomic mass is 9.62. The van der Waals surface area contributed by atoms with Crippen LogP contribution in [0, 0.1) is 17.8 Å². The third-order valence-corrected chi connectivity index (χ3v) is 9.22. The Hall–Kier alpha value is -2.68. The Morgan fingerprint density at radius 2 is 1.95 bits per heavy atom. The predicted molar refractivity (Wildman–Crippen MR) is 154 cm³/mol. The molecule has 0 aromatic heterocycles. The zero-order chi connectivity index (χ0) is 29.1. The summed E-state index contributed by atoms with van der Waals surface area (Å²) in [4.78, 5) is 45.5. The number of carbonyl (C=O) groups excluding carboxylic acids is 3. The van der Waals surface area contributed by atoms with Crippen molar-refractivity contribution in [2.45, 2.75) is 69.6 Å². The smallest absolute Gasteiger partial charge is 0.312 e. The largest absolute Gasteiger partial charge is 0.465 e. The molecule has 3 aliphatic rings. The molecule has 3 heterocycles. The molecular weight excluding hydrogens is 532 g/mol. The molecule has 2 bridgehead atoms. The molecule has 3 fully saturated rings. The van der Waals surface area contributed by atoms with Crippen LogP contribution in [0.3, 0.4) is 0 Å². The van der Waals surface area contributed by atoms with E-state index in [0.29, 0.717) is 42.9 Å². The van der Waals surface area contributed by atoms with E-state index in [1.165, 1.54) is 0 Å². The van der Waals surface area contributed by atoms with E-state index in [4.69, 9.17) is 26.2 Å². The van der Waals surface area contributed by atoms with E-state index < -0.39 is 35.0 Å². The summed E-state index contributed by atoms with van der Waals surface area (Å²) in [5.74, 6) is -2.76. The Bertz CT molecular complexity index is 1140. The van der Waals surface area contributed by atoms with Crippen molar-refractivity contribution in [2.75, 3.05) is 31.2 Å². The monoisotopic (exact) mass is 572 g/mol. The van der Waals surface area contributed by atoms with Gasteiger partial charge in [0, 0.05) is 19.7 Å². The molecule has 6 atom stereocenters. The first kappa shape index (κ1) is 30.3. The zero-order valence-corrected chi connectivity index (χ0v) is 24.3. The van der Waals surface area contributed by atoms with Crippen LogP contribution in [0.15, 0.2) is 49.6 Å². The number of esters is 1. The summed E-state index contributed by atoms with van der Waals surface area (Å²) >= 11 is 6.53. The molecule has 3 unspecified atom stereocenters. The lowest BCUT2D eigenvalue weighted by molar-refractivity contribution is -0.161. The molecule has 3 aliphatic heterocycles. The van der Waals surface area contributed by atoms with Crippen LogP contribution in [0.4, 0.5) is 5.69 Å². The quantitative estimate of drug-likeness (QED) is 0.200. The lowest BCUT2D eigenvalue weighted by Gasteiger charge is -2.37. The van der Waals surface area contributed by atoms with Crippen molar-refractivity contribution in [3.8, 4) is 0 Å². The summed E-state index contributed by atoms with van der Waals surface area (Å²) in [5.41, 5.74) is -1.59. The van der Waals surface area contributed by atoms with Gasteiger partial charge in [0.2, 0.25) is 5.91 Å². The number of halogens is 1. The van der Waals surface area contributed by atoms with Crippen molar-refractivity contribution in [3.63, 3.8) is 0 Å². The van der Waals surface area contributed by atoms with Gasteiger partial charge in [0.05, 0.1) is 28.8 Å². The highest BCUT2D eigenvalue weighted by Gasteiger charge is 2.80. The maximum Gasteiger partial charge on any atom is 0.312 e. The Labute approximate surface area is 241 Å². The second kappa shape index (κ2) is 12.5. The number of aliphatic hydroxyl groups excluding tert-OH is 1. The summed E-state index contributed by atoms with van der Waals surface area (Å²) in [6.45, 7) is 12.2. The average Bonchev–Trinajstić information content (AvgIpc) is 3.44. The predicted octanol–water partition coefficient (Wildman–Crippen LogP) is 4.54. The molecule has 1 spiro atoms. The summed E-state index contributed by atoms with van der Waals surface area (Å²) in [6.07, 6.45) is 7.23. The number of hydrogen-bond acceptors (Lipinski definition) is 6. The molecule has 3 saturated heterocycles. The number of rotatable bonds is 14. The second-order valence-electron chi connectivity index (χ2n) is 11.3. The van der Waals surface area contributed by atoms with Gasteiger partial charge in [-0.05, 0) is 50.7 Å². The lowest BCUT2D eigenvalue weighted by Crippen LogP contribution is -2.57. The van der Waals surface area contributed by atoms with Gasteiger partial charge in [-0.15, -0.1) is 13.2 Å². The van der Waals surface area contributed by atoms with Crippen molar-refractivity contribution in [3.05, 3.63) is 54.6 Å². The van der Waals surface area contributed by atoms with Crippen LogP contribution in [0.2, 0.25) is 5.02 Å². The minimum Gasteiger partial charge on any atom is -0.465 e. The van der Waals surface area contributed by atoms with Crippen molar-refractivity contribution in [1.82, 2.24) is 4.90 Å². The van der Waals surface area contributed by atoms with E-state index in [1.807, 2.05) is 13.8 Å². The second-order valence-corrected chi connectivity index (χ2v) is 11.7. The number of unbranched alkanes of at least 4 members (excludes halogenated alkanes) is 3. The topological polar surface area (TPSA) is 96.4 Å². The number of ether oxygens (including phenoxy) is 2. The van der Waals surface area contributed by atoms with E-state index in [9.17, 15) is 14.4 Å². The molecule has 4 rings (SSSR count). The summed E-state index contributed by atoms with van der Waals surface area (Å²) < 4.78 is 12.4. The first-order chi connectivity index (χ1) is 19.2. The number of benzene rings is 1. The highest BCUT2D eigenvalue weighted by atomic mass is 35.5. The van der Waals surface area contributed by atoms with Gasteiger partial charge in [0.15, 0.2) is 0 Å². The van der Waals surface area contributed by atoms with Crippen molar-refractivity contribution >= 4 is 35.1 Å². The highest BCUT2D eigenvalue weighted by molar-refractivity contribution is 6.34. The number of amides is 2. The molecular formula is C31H41ClN2O6. The Morgan fingerprint density at radius 1 is 1.23 bits per heavy atom. The van der Waals surface area contributed by atoms with Gasteiger partial charge in [-0.1, -0.05) is 55.7 Å². The standard InChI is InChI=1S/C31H41ClN2O6/c1-5-7-19-39-29(38)25-24-27(36)34(17-12-8-9-13-18-35)26(31(24)20-21(3)30(25,4)40-31)28(37)33(16-6-2)23-15-11-10-14-22(23)32/h5-6,10-11,14-15,21,24-26,35H,1-2,7-9,12-13,16-20H2,3-4H3/t21?,24-,25+,26?,30-,31?/m0/s1. The average molecular weight is 573 g/mol. The number of nitrogens with zero attached hydrogens (tertiary/aromatic N) is 2. The molecule has 0 saturated carbocycles. The SMILES string of the molecule is C=CCCOC(=O)[C@H]1[C@H]2C(=O)N(CCCCCCO)C(C(=O)N(CC=C)c3ccccc3Cl)C23CC(C)[C@]1(C)O3. The van der Waals surface area contributed by atoms with Gasteiger partial charge in [0.1, 0.15) is 17.6 Å². The molecule has 1 aromatic rings. The maximum absolute atomic E-state index is 14.6. The van der Waals surface area contributed by atoms with Gasteiger partial charge in [0.25, 0.3) is 5.91 Å². The molecule has 2 amide bonds. The molecule has 8 nitrogen and oxygen atoms in total. The van der Waals surface area contributed by atoms with Gasteiger partial charge < -0.3 is 24.4 Å². The normalized spacial score (nSPS) is 30.3. The molecule has 1 N–H and O–H groups in total. The van der Waals surface area contributed by atoms with E-state index in [1.54, 1.807) is 46.2 Å². The fraction of sp³-hybridized carbons (Fsp3) is 0.581. The Morgan fingerprint density at radius 3 is 2.62 bits per heavy atom. The van der Waals surface area contributed by atoms with Crippen LogP contribution in [0.5, 0.6) is 0 Å². The molecule has 0 radical (unpaired) electrons. The van der Waals surface area contributed by atoms with Crippen molar-refractivity contribution in [2.24, 2.45) is 17.8 Å². The van der Waals surface area contributed by atoms with Gasteiger partial charge in [-0.3, -0.25) is 14.4 Å². The third kappa shape index (κ3) is 5.10. The van der Waals surface area contributed by atoms with Crippen LogP contribution in [0.25, 0.3) is 0 Å². The zero-order valence-electron chi connectivity index (χ0n) is 23.5. The van der Waals surface area contributed by atoms with Gasteiger partial charge >= 0.3 is 5.97 Å². The van der Waals surface area contributed by atoms with Gasteiger partial charge in [-0.25, -0.2) is 0 Å². The van der Waals surface area contributed by atoms with E-state index in [-0.39, 0.29) is 37.5 Å². The van der Waals surface area contributed by atoms with Crippen molar-refractivity contribution < 1.29 is 29.0 Å². The van der Waals surface area contributed by atoms with Crippen LogP contribution in [0.1, 0.15) is 52.4 Å². The van der Waals surface area contributed by atoms with Crippen LogP contribution in [-0.2, 0) is 23.9 Å². The third-order valence-electron chi connectivity index (χ3n) is 8.90. The highest BCUT2D eigenvalue weighted by Crippen LogP contribution is 2.65. The summed E-state index contributed by atoms with van der Waals surface area (Å²) in [6, 6.07) is 6.15. The van der Waals surface area contributed by atoms with Crippen molar-refractivity contribution in [1.29, 1.82) is 0 Å².